The van der Waals surface area contributed by atoms with E-state index in [1.807, 2.05) is 0 Å². The van der Waals surface area contributed by atoms with Gasteiger partial charge >= 0.3 is 0 Å². The predicted molar refractivity (Wildman–Crippen MR) is 89.9 cm³/mol. The van der Waals surface area contributed by atoms with Gasteiger partial charge in [0.05, 0.1) is 5.69 Å². The molecule has 0 fully saturated rings. The number of carbonyl (C=O) groups excluding carboxylic acids is 2. The summed E-state index contributed by atoms with van der Waals surface area (Å²) in [6.45, 7) is 1.63. The van der Waals surface area contributed by atoms with Crippen molar-refractivity contribution in [3.63, 3.8) is 0 Å². The second-order valence-electron chi connectivity index (χ2n) is 5.63. The van der Waals surface area contributed by atoms with E-state index in [0.29, 0.717) is 17.1 Å². The summed E-state index contributed by atoms with van der Waals surface area (Å²) in [5.74, 6) is -0.301. The van der Waals surface area contributed by atoms with E-state index in [-0.39, 0.29) is 16.5 Å². The molecule has 3 rings (SSSR count). The quantitative estimate of drug-likeness (QED) is 0.735. The van der Waals surface area contributed by atoms with Gasteiger partial charge in [-0.05, 0) is 31.2 Å². The minimum Gasteiger partial charge on any atom is -0.479 e. The van der Waals surface area contributed by atoms with Crippen molar-refractivity contribution in [2.75, 3.05) is 10.6 Å². The van der Waals surface area contributed by atoms with Crippen molar-refractivity contribution < 1.29 is 22.7 Å². The molecule has 10 heteroatoms. The van der Waals surface area contributed by atoms with Crippen LogP contribution >= 0.6 is 0 Å². The average molecular weight is 364 g/mol. The van der Waals surface area contributed by atoms with Crippen LogP contribution in [0.4, 0.5) is 11.4 Å². The summed E-state index contributed by atoms with van der Waals surface area (Å²) < 4.78 is 29.6. The Balaban J connectivity index is 1.84. The molecule has 2 heterocycles. The van der Waals surface area contributed by atoms with Gasteiger partial charge in [-0.15, -0.1) is 0 Å². The zero-order valence-corrected chi connectivity index (χ0v) is 14.3. The number of sulfonamides is 1. The lowest BCUT2D eigenvalue weighted by Gasteiger charge is -2.23. The lowest BCUT2D eigenvalue weighted by molar-refractivity contribution is -0.122. The number of amides is 2. The molecule has 0 bridgehead atoms. The molecular weight excluding hydrogens is 348 g/mol. The van der Waals surface area contributed by atoms with Crippen molar-refractivity contribution in [2.24, 2.45) is 12.2 Å². The Morgan fingerprint density at radius 1 is 1.36 bits per heavy atom. The molecule has 2 aromatic rings. The van der Waals surface area contributed by atoms with Gasteiger partial charge in [0.2, 0.25) is 10.0 Å². The molecule has 0 aliphatic carbocycles. The molecule has 132 valence electrons. The van der Waals surface area contributed by atoms with Gasteiger partial charge in [-0.2, -0.15) is 0 Å². The number of anilines is 2. The maximum absolute atomic E-state index is 12.4. The van der Waals surface area contributed by atoms with Crippen molar-refractivity contribution in [3.05, 3.63) is 36.2 Å². The van der Waals surface area contributed by atoms with Gasteiger partial charge < -0.3 is 19.9 Å². The molecule has 1 aliphatic heterocycles. The number of hydrogen-bond acceptors (Lipinski definition) is 5. The van der Waals surface area contributed by atoms with Crippen LogP contribution < -0.4 is 20.5 Å². The van der Waals surface area contributed by atoms with Crippen molar-refractivity contribution in [2.45, 2.75) is 17.9 Å². The number of rotatable bonds is 3. The molecule has 0 saturated carbocycles. The van der Waals surface area contributed by atoms with Gasteiger partial charge in [-0.25, -0.2) is 13.6 Å². The van der Waals surface area contributed by atoms with Gasteiger partial charge in [0.25, 0.3) is 11.8 Å². The van der Waals surface area contributed by atoms with E-state index in [4.69, 9.17) is 9.88 Å². The van der Waals surface area contributed by atoms with Crippen molar-refractivity contribution in [3.8, 4) is 5.75 Å². The Labute approximate surface area is 143 Å². The number of nitrogens with two attached hydrogens (primary N) is 1. The first kappa shape index (κ1) is 17.0. The normalized spacial score (nSPS) is 16.6. The van der Waals surface area contributed by atoms with Crippen LogP contribution in [0.15, 0.2) is 35.4 Å². The first-order valence-electron chi connectivity index (χ1n) is 7.27. The Kier molecular flexibility index (Phi) is 4.01. The van der Waals surface area contributed by atoms with E-state index in [0.717, 1.165) is 0 Å². The molecule has 0 saturated heterocycles. The van der Waals surface area contributed by atoms with Gasteiger partial charge in [-0.1, -0.05) is 0 Å². The first-order chi connectivity index (χ1) is 11.6. The number of nitrogens with one attached hydrogen (secondary N) is 2. The summed E-state index contributed by atoms with van der Waals surface area (Å²) in [7, 11) is -2.37. The number of aromatic nitrogens is 1. The maximum Gasteiger partial charge on any atom is 0.272 e. The van der Waals surface area contributed by atoms with E-state index in [1.165, 1.54) is 23.9 Å². The first-order valence-corrected chi connectivity index (χ1v) is 8.82. The topological polar surface area (TPSA) is 133 Å². The molecule has 1 atom stereocenters. The maximum atomic E-state index is 12.4. The van der Waals surface area contributed by atoms with E-state index in [1.54, 1.807) is 25.1 Å². The number of aryl methyl sites for hydroxylation is 1. The van der Waals surface area contributed by atoms with Crippen LogP contribution in [-0.4, -0.2) is 30.9 Å². The van der Waals surface area contributed by atoms with Crippen LogP contribution in [0.3, 0.4) is 0 Å². The third-order valence-electron chi connectivity index (χ3n) is 3.71. The lowest BCUT2D eigenvalue weighted by Crippen LogP contribution is -2.34. The monoisotopic (exact) mass is 364 g/mol. The highest BCUT2D eigenvalue weighted by Crippen LogP contribution is 2.32. The van der Waals surface area contributed by atoms with Crippen molar-refractivity contribution in [1.82, 2.24) is 4.57 Å². The lowest BCUT2D eigenvalue weighted by atomic mass is 10.2. The third kappa shape index (κ3) is 3.35. The third-order valence-corrected chi connectivity index (χ3v) is 4.59. The second-order valence-corrected chi connectivity index (χ2v) is 7.19. The summed E-state index contributed by atoms with van der Waals surface area (Å²) in [5.41, 5.74) is 0.981. The molecule has 9 nitrogen and oxygen atoms in total. The fourth-order valence-electron chi connectivity index (χ4n) is 2.40. The van der Waals surface area contributed by atoms with Gasteiger partial charge in [0, 0.05) is 18.9 Å². The van der Waals surface area contributed by atoms with E-state index in [9.17, 15) is 18.0 Å². The van der Waals surface area contributed by atoms with E-state index < -0.39 is 22.0 Å². The number of fused-ring (bicyclic) bond motifs is 1. The highest BCUT2D eigenvalue weighted by molar-refractivity contribution is 7.89. The summed E-state index contributed by atoms with van der Waals surface area (Å²) >= 11 is 0. The molecule has 1 aliphatic rings. The number of hydrogen-bond donors (Lipinski definition) is 3. The molecule has 1 aromatic carbocycles. The number of nitrogens with zero attached hydrogens (tertiary/aromatic N) is 1. The zero-order chi connectivity index (χ0) is 18.4. The van der Waals surface area contributed by atoms with E-state index >= 15 is 0 Å². The number of ether oxygens (including phenoxy) is 1. The minimum absolute atomic E-state index is 0.121. The molecule has 4 N–H and O–H groups in total. The van der Waals surface area contributed by atoms with Crippen LogP contribution in [0, 0.1) is 0 Å². The van der Waals surface area contributed by atoms with Crippen LogP contribution in [0.5, 0.6) is 5.75 Å². The molecule has 2 amide bonds. The van der Waals surface area contributed by atoms with Crippen LogP contribution in [0.2, 0.25) is 0 Å². The fourth-order valence-corrected chi connectivity index (χ4v) is 2.98. The summed E-state index contributed by atoms with van der Waals surface area (Å²) in [4.78, 5) is 23.9. The standard InChI is InChI=1S/C15H16N4O5S/c1-8-14(20)18-11-5-9(3-4-13(11)24-8)17-15(21)12-6-10(7-19(12)2)25(16,22)23/h3-8H,1-2H3,(H,17,21)(H,18,20)(H2,16,22,23)/t8-/m1/s1. The van der Waals surface area contributed by atoms with Crippen LogP contribution in [0.1, 0.15) is 17.4 Å². The largest absolute Gasteiger partial charge is 0.479 e. The summed E-state index contributed by atoms with van der Waals surface area (Å²) in [6.07, 6.45) is 0.667. The zero-order valence-electron chi connectivity index (χ0n) is 13.4. The summed E-state index contributed by atoms with van der Waals surface area (Å²) in [6, 6.07) is 5.99. The van der Waals surface area contributed by atoms with Gasteiger partial charge in [-0.3, -0.25) is 9.59 Å². The molecule has 0 unspecified atom stereocenters. The van der Waals surface area contributed by atoms with Gasteiger partial charge in [0.1, 0.15) is 16.3 Å². The highest BCUT2D eigenvalue weighted by Gasteiger charge is 2.24. The number of primary sulfonamides is 1. The predicted octanol–water partition coefficient (Wildman–Crippen LogP) is 0.644. The van der Waals surface area contributed by atoms with Gasteiger partial charge in [0.15, 0.2) is 6.10 Å². The second kappa shape index (κ2) is 5.90. The van der Waals surface area contributed by atoms with Crippen molar-refractivity contribution in [1.29, 1.82) is 0 Å². The molecule has 0 spiro atoms. The molecule has 25 heavy (non-hydrogen) atoms. The number of carbonyl (C=O) groups is 2. The molecule has 0 radical (unpaired) electrons. The molecule has 1 aromatic heterocycles. The highest BCUT2D eigenvalue weighted by atomic mass is 32.2. The number of benzene rings is 1. The van der Waals surface area contributed by atoms with Crippen LogP contribution in [0.25, 0.3) is 0 Å². The Morgan fingerprint density at radius 3 is 2.72 bits per heavy atom. The van der Waals surface area contributed by atoms with E-state index in [2.05, 4.69) is 10.6 Å². The Morgan fingerprint density at radius 2 is 2.08 bits per heavy atom. The molecular formula is C15H16N4O5S. The fraction of sp³-hybridized carbons (Fsp3) is 0.200. The Hall–Kier alpha value is -2.85. The smallest absolute Gasteiger partial charge is 0.272 e. The summed E-state index contributed by atoms with van der Waals surface area (Å²) in [5, 5.41) is 10.4. The SMILES string of the molecule is C[C@H]1Oc2ccc(NC(=O)c3cc(S(N)(=O)=O)cn3C)cc2NC1=O. The van der Waals surface area contributed by atoms with Crippen LogP contribution in [-0.2, 0) is 21.9 Å². The average Bonchev–Trinajstić information content (AvgIpc) is 2.91. The minimum atomic E-state index is -3.90. The Bertz CT molecular complexity index is 980. The van der Waals surface area contributed by atoms with Crippen molar-refractivity contribution >= 4 is 33.2 Å².